The summed E-state index contributed by atoms with van der Waals surface area (Å²) in [6.07, 6.45) is -0.584. The summed E-state index contributed by atoms with van der Waals surface area (Å²) < 4.78 is 19.0. The Kier molecular flexibility index (Phi) is 6.73. The standard InChI is InChI=1S/C18H22FN3O3/c1-22(2)11-14(23)12-25-15-9-7-13(8-10-15)20-18(24)21-17-6-4-3-5-16(17)19/h3-10,14,23H,11-12H2,1-2H3,(H2,20,21,24)/t14-/m1/s1. The first-order valence-electron chi connectivity index (χ1n) is 7.82. The molecule has 2 amide bonds. The van der Waals surface area contributed by atoms with Crippen molar-refractivity contribution in [2.24, 2.45) is 0 Å². The third kappa shape index (κ3) is 6.40. The number of rotatable bonds is 7. The molecule has 0 heterocycles. The van der Waals surface area contributed by atoms with E-state index < -0.39 is 18.0 Å². The van der Waals surface area contributed by atoms with Gasteiger partial charge in [-0.05, 0) is 50.5 Å². The van der Waals surface area contributed by atoms with E-state index in [1.807, 2.05) is 19.0 Å². The van der Waals surface area contributed by atoms with Crippen molar-refractivity contribution in [3.63, 3.8) is 0 Å². The average Bonchev–Trinajstić information content (AvgIpc) is 2.56. The number of urea groups is 1. The summed E-state index contributed by atoms with van der Waals surface area (Å²) in [5.41, 5.74) is 0.643. The molecule has 6 nitrogen and oxygen atoms in total. The van der Waals surface area contributed by atoms with E-state index in [0.29, 0.717) is 18.0 Å². The topological polar surface area (TPSA) is 73.8 Å². The number of benzene rings is 2. The van der Waals surface area contributed by atoms with Crippen molar-refractivity contribution in [2.45, 2.75) is 6.10 Å². The third-order valence-corrected chi connectivity index (χ3v) is 3.25. The molecule has 3 N–H and O–H groups in total. The fourth-order valence-corrected chi connectivity index (χ4v) is 2.15. The molecule has 25 heavy (non-hydrogen) atoms. The van der Waals surface area contributed by atoms with Gasteiger partial charge in [-0.3, -0.25) is 0 Å². The lowest BCUT2D eigenvalue weighted by molar-refractivity contribution is 0.0831. The van der Waals surface area contributed by atoms with E-state index in [0.717, 1.165) is 0 Å². The first-order chi connectivity index (χ1) is 11.9. The Balaban J connectivity index is 1.83. The number of aliphatic hydroxyl groups is 1. The monoisotopic (exact) mass is 347 g/mol. The molecule has 0 fully saturated rings. The molecular weight excluding hydrogens is 325 g/mol. The average molecular weight is 347 g/mol. The van der Waals surface area contributed by atoms with Crippen molar-refractivity contribution >= 4 is 17.4 Å². The van der Waals surface area contributed by atoms with Crippen LogP contribution in [0.5, 0.6) is 5.75 Å². The minimum absolute atomic E-state index is 0.106. The first-order valence-corrected chi connectivity index (χ1v) is 7.82. The van der Waals surface area contributed by atoms with Gasteiger partial charge in [0, 0.05) is 12.2 Å². The molecular formula is C18H22FN3O3. The summed E-state index contributed by atoms with van der Waals surface area (Å²) in [4.78, 5) is 13.7. The van der Waals surface area contributed by atoms with Crippen molar-refractivity contribution < 1.29 is 19.0 Å². The summed E-state index contributed by atoms with van der Waals surface area (Å²) in [7, 11) is 3.74. The molecule has 0 radical (unpaired) electrons. The lowest BCUT2D eigenvalue weighted by Gasteiger charge is -2.16. The number of hydrogen-bond donors (Lipinski definition) is 3. The second-order valence-corrected chi connectivity index (χ2v) is 5.81. The molecule has 7 heteroatoms. The van der Waals surface area contributed by atoms with Crippen LogP contribution < -0.4 is 15.4 Å². The highest BCUT2D eigenvalue weighted by Gasteiger charge is 2.08. The maximum Gasteiger partial charge on any atom is 0.323 e. The Labute approximate surface area is 146 Å². The van der Waals surface area contributed by atoms with Crippen LogP contribution in [0.2, 0.25) is 0 Å². The first kappa shape index (κ1) is 18.7. The van der Waals surface area contributed by atoms with E-state index in [-0.39, 0.29) is 12.3 Å². The van der Waals surface area contributed by atoms with Gasteiger partial charge in [-0.1, -0.05) is 12.1 Å². The molecule has 2 aromatic rings. The highest BCUT2D eigenvalue weighted by atomic mass is 19.1. The third-order valence-electron chi connectivity index (χ3n) is 3.25. The summed E-state index contributed by atoms with van der Waals surface area (Å²) in [6, 6.07) is 12.1. The lowest BCUT2D eigenvalue weighted by Crippen LogP contribution is -2.30. The Morgan fingerprint density at radius 3 is 2.48 bits per heavy atom. The number of carbonyl (C=O) groups is 1. The number of likely N-dealkylation sites (N-methyl/N-ethyl adjacent to an activating group) is 1. The van der Waals surface area contributed by atoms with E-state index >= 15 is 0 Å². The van der Waals surface area contributed by atoms with Crippen molar-refractivity contribution in [2.75, 3.05) is 37.9 Å². The number of carbonyl (C=O) groups excluding carboxylic acids is 1. The van der Waals surface area contributed by atoms with Crippen LogP contribution in [-0.2, 0) is 0 Å². The predicted molar refractivity (Wildman–Crippen MR) is 95.5 cm³/mol. The second-order valence-electron chi connectivity index (χ2n) is 5.81. The number of para-hydroxylation sites is 1. The summed E-state index contributed by atoms with van der Waals surface area (Å²) in [5, 5.41) is 14.8. The normalized spacial score (nSPS) is 11.9. The van der Waals surface area contributed by atoms with Crippen LogP contribution in [0.3, 0.4) is 0 Å². The number of halogens is 1. The number of nitrogens with one attached hydrogen (secondary N) is 2. The van der Waals surface area contributed by atoms with E-state index in [1.54, 1.807) is 36.4 Å². The molecule has 0 aromatic heterocycles. The van der Waals surface area contributed by atoms with Gasteiger partial charge in [0.1, 0.15) is 24.3 Å². The number of aliphatic hydroxyl groups excluding tert-OH is 1. The molecule has 2 rings (SSSR count). The maximum atomic E-state index is 13.5. The van der Waals surface area contributed by atoms with Crippen molar-refractivity contribution in [1.29, 1.82) is 0 Å². The molecule has 2 aromatic carbocycles. The van der Waals surface area contributed by atoms with E-state index in [1.165, 1.54) is 12.1 Å². The fourth-order valence-electron chi connectivity index (χ4n) is 2.15. The number of anilines is 2. The molecule has 0 aliphatic heterocycles. The summed E-state index contributed by atoms with van der Waals surface area (Å²) >= 11 is 0. The van der Waals surface area contributed by atoms with Crippen LogP contribution in [0.25, 0.3) is 0 Å². The SMILES string of the molecule is CN(C)C[C@@H](O)COc1ccc(NC(=O)Nc2ccccc2F)cc1. The smallest absolute Gasteiger partial charge is 0.323 e. The van der Waals surface area contributed by atoms with Gasteiger partial charge in [-0.25, -0.2) is 9.18 Å². The summed E-state index contributed by atoms with van der Waals surface area (Å²) in [5.74, 6) is 0.0792. The zero-order valence-electron chi connectivity index (χ0n) is 14.2. The Morgan fingerprint density at radius 1 is 1.16 bits per heavy atom. The Bertz CT molecular complexity index is 692. The van der Waals surface area contributed by atoms with Crippen LogP contribution in [0.15, 0.2) is 48.5 Å². The van der Waals surface area contributed by atoms with Crippen molar-refractivity contribution in [1.82, 2.24) is 4.90 Å². The molecule has 0 saturated heterocycles. The van der Waals surface area contributed by atoms with Gasteiger partial charge in [0.25, 0.3) is 0 Å². The van der Waals surface area contributed by atoms with Crippen LogP contribution in [0, 0.1) is 5.82 Å². The maximum absolute atomic E-state index is 13.5. The number of hydrogen-bond acceptors (Lipinski definition) is 4. The van der Waals surface area contributed by atoms with Crippen molar-refractivity contribution in [3.05, 3.63) is 54.3 Å². The quantitative estimate of drug-likeness (QED) is 0.720. The molecule has 0 aliphatic rings. The molecule has 1 atom stereocenters. The summed E-state index contributed by atoms with van der Waals surface area (Å²) in [6.45, 7) is 0.689. The van der Waals surface area contributed by atoms with Gasteiger partial charge in [0.05, 0.1) is 5.69 Å². The molecule has 0 unspecified atom stereocenters. The van der Waals surface area contributed by atoms with Crippen LogP contribution >= 0.6 is 0 Å². The van der Waals surface area contributed by atoms with Crippen LogP contribution in [-0.4, -0.2) is 49.4 Å². The highest BCUT2D eigenvalue weighted by Crippen LogP contribution is 2.17. The van der Waals surface area contributed by atoms with Gasteiger partial charge >= 0.3 is 6.03 Å². The fraction of sp³-hybridized carbons (Fsp3) is 0.278. The minimum atomic E-state index is -0.584. The second kappa shape index (κ2) is 9.00. The molecule has 0 saturated carbocycles. The molecule has 0 bridgehead atoms. The van der Waals surface area contributed by atoms with Crippen molar-refractivity contribution in [3.8, 4) is 5.75 Å². The zero-order valence-corrected chi connectivity index (χ0v) is 14.2. The Morgan fingerprint density at radius 2 is 1.84 bits per heavy atom. The van der Waals surface area contributed by atoms with Gasteiger partial charge in [-0.2, -0.15) is 0 Å². The van der Waals surface area contributed by atoms with Gasteiger partial charge < -0.3 is 25.4 Å². The van der Waals surface area contributed by atoms with E-state index in [2.05, 4.69) is 10.6 Å². The van der Waals surface area contributed by atoms with Gasteiger partial charge in [0.15, 0.2) is 0 Å². The van der Waals surface area contributed by atoms with E-state index in [9.17, 15) is 14.3 Å². The molecule has 0 aliphatic carbocycles. The zero-order chi connectivity index (χ0) is 18.2. The van der Waals surface area contributed by atoms with Gasteiger partial charge in [-0.15, -0.1) is 0 Å². The number of nitrogens with zero attached hydrogens (tertiary/aromatic N) is 1. The highest BCUT2D eigenvalue weighted by molar-refractivity contribution is 5.99. The van der Waals surface area contributed by atoms with Crippen LogP contribution in [0.1, 0.15) is 0 Å². The predicted octanol–water partition coefficient (Wildman–Crippen LogP) is 2.77. The lowest BCUT2D eigenvalue weighted by atomic mass is 10.3. The molecule has 0 spiro atoms. The number of ether oxygens (including phenoxy) is 1. The Hall–Kier alpha value is -2.64. The largest absolute Gasteiger partial charge is 0.491 e. The molecule has 134 valence electrons. The minimum Gasteiger partial charge on any atom is -0.491 e. The van der Waals surface area contributed by atoms with Crippen LogP contribution in [0.4, 0.5) is 20.6 Å². The van der Waals surface area contributed by atoms with E-state index in [4.69, 9.17) is 4.74 Å². The van der Waals surface area contributed by atoms with Gasteiger partial charge in [0.2, 0.25) is 0 Å². The number of amides is 2.